The van der Waals surface area contributed by atoms with E-state index in [0.717, 1.165) is 19.3 Å². The Hall–Kier alpha value is -1.70. The number of hydrogen-bond donors (Lipinski definition) is 3. The highest BCUT2D eigenvalue weighted by Gasteiger charge is 2.05. The Morgan fingerprint density at radius 2 is 1.72 bits per heavy atom. The molecule has 166 valence electrons. The molecule has 0 heterocycles. The second-order valence-corrected chi connectivity index (χ2v) is 8.39. The van der Waals surface area contributed by atoms with Crippen molar-refractivity contribution in [1.29, 1.82) is 0 Å². The zero-order chi connectivity index (χ0) is 21.8. The summed E-state index contributed by atoms with van der Waals surface area (Å²) in [6, 6.07) is 0. The molecule has 29 heavy (non-hydrogen) atoms. The number of hydrogen-bond acceptors (Lipinski definition) is 4. The fraction of sp³-hybridized carbons (Fsp3) is 0.591. The number of carbonyl (C=O) groups excluding carboxylic acids is 1. The molecule has 0 aliphatic heterocycles. The third kappa shape index (κ3) is 22.5. The Morgan fingerprint density at radius 1 is 1.00 bits per heavy atom. The van der Waals surface area contributed by atoms with Crippen LogP contribution in [-0.4, -0.2) is 42.4 Å². The Morgan fingerprint density at radius 3 is 2.45 bits per heavy atom. The molecule has 0 spiro atoms. The summed E-state index contributed by atoms with van der Waals surface area (Å²) in [7, 11) is -4.03. The maximum absolute atomic E-state index is 11.5. The highest BCUT2D eigenvalue weighted by atomic mass is 32.2. The molecule has 0 rings (SSSR count). The van der Waals surface area contributed by atoms with Gasteiger partial charge >= 0.3 is 0 Å². The third-order valence-electron chi connectivity index (χ3n) is 3.99. The van der Waals surface area contributed by atoms with Crippen LogP contribution in [0.1, 0.15) is 64.7 Å². The monoisotopic (exact) mass is 427 g/mol. The van der Waals surface area contributed by atoms with Gasteiger partial charge in [-0.25, -0.2) is 0 Å². The van der Waals surface area contributed by atoms with Crippen LogP contribution in [0.5, 0.6) is 0 Å². The number of unbranched alkanes of at least 4 members (excludes halogenated alkanes) is 4. The number of amides is 1. The highest BCUT2D eigenvalue weighted by molar-refractivity contribution is 7.85. The van der Waals surface area contributed by atoms with E-state index in [9.17, 15) is 18.3 Å². The van der Waals surface area contributed by atoms with E-state index in [1.165, 1.54) is 19.3 Å². The normalized spacial score (nSPS) is 13.9. The van der Waals surface area contributed by atoms with Crippen molar-refractivity contribution in [2.24, 2.45) is 0 Å². The van der Waals surface area contributed by atoms with Crippen LogP contribution in [0, 0.1) is 0 Å². The number of nitrogens with one attached hydrogen (secondary N) is 1. The van der Waals surface area contributed by atoms with Gasteiger partial charge in [-0.2, -0.15) is 8.42 Å². The average molecular weight is 428 g/mol. The van der Waals surface area contributed by atoms with Crippen molar-refractivity contribution in [2.45, 2.75) is 70.8 Å². The Bertz CT molecular complexity index is 636. The standard InChI is InChI=1S/C22H37NO5S/c1-2-3-4-5-10-13-16-21(24)17-14-11-8-6-7-9-12-15-18-22(25)23-19-20-29(26,27)28/h7-11,13-14,17,21,24H,2-6,12,15-16,18-20H2,1H3,(H,23,25)(H,26,27,28)/b9-7-,11-8-,13-10-,17-14+/t21-/m0/s1. The van der Waals surface area contributed by atoms with E-state index in [4.69, 9.17) is 4.55 Å². The average Bonchev–Trinajstić information content (AvgIpc) is 2.65. The molecule has 0 fully saturated rings. The number of rotatable bonds is 17. The van der Waals surface area contributed by atoms with E-state index in [0.29, 0.717) is 19.3 Å². The second-order valence-electron chi connectivity index (χ2n) is 6.82. The van der Waals surface area contributed by atoms with E-state index < -0.39 is 22.0 Å². The summed E-state index contributed by atoms with van der Waals surface area (Å²) in [6.07, 6.45) is 23.2. The summed E-state index contributed by atoms with van der Waals surface area (Å²) in [5, 5.41) is 12.3. The van der Waals surface area contributed by atoms with E-state index in [1.807, 2.05) is 36.5 Å². The fourth-order valence-electron chi connectivity index (χ4n) is 2.37. The molecule has 0 bridgehead atoms. The molecule has 0 aliphatic carbocycles. The molecule has 0 aromatic heterocycles. The number of carbonyl (C=O) groups is 1. The summed E-state index contributed by atoms with van der Waals surface area (Å²) >= 11 is 0. The quantitative estimate of drug-likeness (QED) is 0.140. The summed E-state index contributed by atoms with van der Waals surface area (Å²) in [6.45, 7) is 2.11. The smallest absolute Gasteiger partial charge is 0.266 e. The van der Waals surface area contributed by atoms with Crippen LogP contribution in [-0.2, 0) is 14.9 Å². The van der Waals surface area contributed by atoms with Crippen LogP contribution in [0.2, 0.25) is 0 Å². The van der Waals surface area contributed by atoms with Gasteiger partial charge in [-0.1, -0.05) is 68.4 Å². The van der Waals surface area contributed by atoms with Gasteiger partial charge in [0, 0.05) is 13.0 Å². The third-order valence-corrected chi connectivity index (χ3v) is 4.71. The molecule has 1 amide bonds. The Labute approximate surface area is 176 Å². The number of aliphatic hydroxyl groups is 1. The lowest BCUT2D eigenvalue weighted by molar-refractivity contribution is -0.121. The van der Waals surface area contributed by atoms with Crippen molar-refractivity contribution in [3.8, 4) is 0 Å². The van der Waals surface area contributed by atoms with Crippen LogP contribution in [0.15, 0.2) is 48.6 Å². The van der Waals surface area contributed by atoms with E-state index in [2.05, 4.69) is 18.3 Å². The van der Waals surface area contributed by atoms with Gasteiger partial charge in [-0.15, -0.1) is 0 Å². The van der Waals surface area contributed by atoms with Gasteiger partial charge in [0.05, 0.1) is 11.9 Å². The molecule has 7 heteroatoms. The van der Waals surface area contributed by atoms with Crippen molar-refractivity contribution in [1.82, 2.24) is 5.32 Å². The molecule has 0 saturated heterocycles. The largest absolute Gasteiger partial charge is 0.389 e. The predicted molar refractivity (Wildman–Crippen MR) is 119 cm³/mol. The lowest BCUT2D eigenvalue weighted by Crippen LogP contribution is -2.28. The van der Waals surface area contributed by atoms with E-state index >= 15 is 0 Å². The summed E-state index contributed by atoms with van der Waals surface area (Å²) in [5.41, 5.74) is 0. The maximum atomic E-state index is 11.5. The SMILES string of the molecule is CCCCC/C=C\C[C@H](O)/C=C/C=C\C/C=C\CCCC(=O)NCCS(=O)(=O)O. The van der Waals surface area contributed by atoms with Gasteiger partial charge < -0.3 is 10.4 Å². The maximum Gasteiger partial charge on any atom is 0.266 e. The zero-order valence-electron chi connectivity index (χ0n) is 17.5. The highest BCUT2D eigenvalue weighted by Crippen LogP contribution is 2.02. The Balaban J connectivity index is 3.69. The molecule has 0 aliphatic rings. The van der Waals surface area contributed by atoms with Gasteiger partial charge in [0.25, 0.3) is 10.1 Å². The first-order valence-electron chi connectivity index (χ1n) is 10.4. The Kier molecular flexibility index (Phi) is 17.3. The van der Waals surface area contributed by atoms with Crippen LogP contribution in [0.4, 0.5) is 0 Å². The first-order chi connectivity index (χ1) is 13.8. The zero-order valence-corrected chi connectivity index (χ0v) is 18.3. The van der Waals surface area contributed by atoms with Crippen molar-refractivity contribution >= 4 is 16.0 Å². The van der Waals surface area contributed by atoms with Gasteiger partial charge in [0.1, 0.15) is 0 Å². The van der Waals surface area contributed by atoms with E-state index in [-0.39, 0.29) is 12.5 Å². The molecule has 3 N–H and O–H groups in total. The molecule has 0 unspecified atom stereocenters. The minimum absolute atomic E-state index is 0.0736. The van der Waals surface area contributed by atoms with Gasteiger partial charge in [-0.3, -0.25) is 9.35 Å². The van der Waals surface area contributed by atoms with Crippen molar-refractivity contribution in [3.63, 3.8) is 0 Å². The van der Waals surface area contributed by atoms with E-state index in [1.54, 1.807) is 6.08 Å². The van der Waals surface area contributed by atoms with Crippen molar-refractivity contribution in [3.05, 3.63) is 48.6 Å². The molecule has 0 aromatic rings. The lowest BCUT2D eigenvalue weighted by Gasteiger charge is -2.02. The first-order valence-corrected chi connectivity index (χ1v) is 12.0. The minimum Gasteiger partial charge on any atom is -0.389 e. The van der Waals surface area contributed by atoms with Crippen LogP contribution in [0.3, 0.4) is 0 Å². The molecule has 1 atom stereocenters. The lowest BCUT2D eigenvalue weighted by atomic mass is 10.1. The molecular formula is C22H37NO5S. The van der Waals surface area contributed by atoms with Crippen LogP contribution >= 0.6 is 0 Å². The van der Waals surface area contributed by atoms with Gasteiger partial charge in [-0.05, 0) is 38.5 Å². The van der Waals surface area contributed by atoms with Gasteiger partial charge in [0.15, 0.2) is 0 Å². The fourth-order valence-corrected chi connectivity index (χ4v) is 2.73. The predicted octanol–water partition coefficient (Wildman–Crippen LogP) is 4.11. The number of aliphatic hydroxyl groups excluding tert-OH is 1. The summed E-state index contributed by atoms with van der Waals surface area (Å²) in [4.78, 5) is 11.5. The van der Waals surface area contributed by atoms with Crippen molar-refractivity contribution < 1.29 is 22.9 Å². The van der Waals surface area contributed by atoms with Gasteiger partial charge in [0.2, 0.25) is 5.91 Å². The topological polar surface area (TPSA) is 104 Å². The van der Waals surface area contributed by atoms with Crippen LogP contribution in [0.25, 0.3) is 0 Å². The molecule has 6 nitrogen and oxygen atoms in total. The molecule has 0 radical (unpaired) electrons. The van der Waals surface area contributed by atoms with Crippen molar-refractivity contribution in [2.75, 3.05) is 12.3 Å². The minimum atomic E-state index is -4.03. The summed E-state index contributed by atoms with van der Waals surface area (Å²) in [5.74, 6) is -0.687. The molecule has 0 aromatic carbocycles. The van der Waals surface area contributed by atoms with Crippen LogP contribution < -0.4 is 5.32 Å². The number of allylic oxidation sites excluding steroid dienone is 6. The summed E-state index contributed by atoms with van der Waals surface area (Å²) < 4.78 is 29.6. The second kappa shape index (κ2) is 18.3. The molecule has 0 saturated carbocycles. The first kappa shape index (κ1) is 27.3. The molecular weight excluding hydrogens is 390 g/mol.